The molecule has 0 radical (unpaired) electrons. The van der Waals surface area contributed by atoms with E-state index in [1.165, 1.54) is 57.8 Å². The van der Waals surface area contributed by atoms with E-state index < -0.39 is 5.03 Å². The molecule has 31 heavy (non-hydrogen) atoms. The molecule has 0 heterocycles. The second-order valence-corrected chi connectivity index (χ2v) is 12.7. The van der Waals surface area contributed by atoms with E-state index >= 15 is 0 Å². The molecule has 4 rings (SSSR count). The Balaban J connectivity index is 1.50. The lowest BCUT2D eigenvalue weighted by Gasteiger charge is -2.60. The molecule has 0 aromatic carbocycles. The standard InChI is InChI=1S/C27H46N2O2/c1-18(2)8-6-9-19(3)21-13-14-22-20-11-12-24-25(28-29(30)31)10-7-16-26(24,4)23(20)15-17-27(21,22)5/h18-24H,6-17H2,1-5H3/b28-25+/t19-,20+,21-,22+,23+,24+,26-,27-/m1/s1. The molecule has 4 aliphatic rings. The summed E-state index contributed by atoms with van der Waals surface area (Å²) in [6.45, 7) is 12.4. The van der Waals surface area contributed by atoms with Gasteiger partial charge in [0.2, 0.25) is 0 Å². The first kappa shape index (κ1) is 23.2. The highest BCUT2D eigenvalue weighted by Crippen LogP contribution is 2.68. The molecule has 4 aliphatic carbocycles. The van der Waals surface area contributed by atoms with Crippen LogP contribution in [0.3, 0.4) is 0 Å². The van der Waals surface area contributed by atoms with Gasteiger partial charge >= 0.3 is 0 Å². The van der Waals surface area contributed by atoms with Crippen LogP contribution >= 0.6 is 0 Å². The summed E-state index contributed by atoms with van der Waals surface area (Å²) in [6.07, 6.45) is 15.3. The molecule has 0 saturated heterocycles. The molecule has 8 atom stereocenters. The van der Waals surface area contributed by atoms with Crippen molar-refractivity contribution in [3.63, 3.8) is 0 Å². The van der Waals surface area contributed by atoms with Gasteiger partial charge in [-0.1, -0.05) is 53.9 Å². The van der Waals surface area contributed by atoms with Crippen molar-refractivity contribution in [2.45, 2.75) is 112 Å². The summed E-state index contributed by atoms with van der Waals surface area (Å²) in [4.78, 5) is 11.2. The predicted octanol–water partition coefficient (Wildman–Crippen LogP) is 7.74. The van der Waals surface area contributed by atoms with E-state index in [-0.39, 0.29) is 5.41 Å². The van der Waals surface area contributed by atoms with Crippen LogP contribution in [0.5, 0.6) is 0 Å². The first-order valence-electron chi connectivity index (χ1n) is 13.4. The lowest BCUT2D eigenvalue weighted by atomic mass is 9.44. The third kappa shape index (κ3) is 4.10. The van der Waals surface area contributed by atoms with E-state index in [1.807, 2.05) is 0 Å². The number of hydrazone groups is 1. The van der Waals surface area contributed by atoms with Gasteiger partial charge in [-0.15, -0.1) is 0 Å². The Morgan fingerprint density at radius 1 is 1.00 bits per heavy atom. The third-order valence-electron chi connectivity index (χ3n) is 10.8. The Morgan fingerprint density at radius 2 is 1.74 bits per heavy atom. The van der Waals surface area contributed by atoms with Gasteiger partial charge in [0.1, 0.15) is 0 Å². The van der Waals surface area contributed by atoms with Gasteiger partial charge in [0, 0.05) is 5.92 Å². The van der Waals surface area contributed by atoms with Gasteiger partial charge in [-0.25, -0.2) is 10.1 Å². The number of rotatable bonds is 6. The zero-order valence-electron chi connectivity index (χ0n) is 20.7. The highest BCUT2D eigenvalue weighted by molar-refractivity contribution is 5.87. The first-order valence-corrected chi connectivity index (χ1v) is 13.4. The van der Waals surface area contributed by atoms with Crippen LogP contribution in [0.1, 0.15) is 112 Å². The van der Waals surface area contributed by atoms with E-state index in [0.717, 1.165) is 60.5 Å². The lowest BCUT2D eigenvalue weighted by molar-refractivity contribution is -0.485. The van der Waals surface area contributed by atoms with Gasteiger partial charge in [0.25, 0.3) is 0 Å². The molecule has 176 valence electrons. The van der Waals surface area contributed by atoms with Gasteiger partial charge in [0.15, 0.2) is 5.03 Å². The van der Waals surface area contributed by atoms with Crippen LogP contribution < -0.4 is 0 Å². The van der Waals surface area contributed by atoms with Gasteiger partial charge in [-0.05, 0) is 104 Å². The lowest BCUT2D eigenvalue weighted by Crippen LogP contribution is -2.55. The number of hydrogen-bond donors (Lipinski definition) is 0. The Labute approximate surface area is 190 Å². The molecular formula is C27H46N2O2. The number of nitro groups is 1. The van der Waals surface area contributed by atoms with Gasteiger partial charge in [-0.3, -0.25) is 0 Å². The summed E-state index contributed by atoms with van der Waals surface area (Å²) in [7, 11) is 0. The van der Waals surface area contributed by atoms with Crippen LogP contribution in [0.25, 0.3) is 0 Å². The van der Waals surface area contributed by atoms with Crippen LogP contribution in [-0.2, 0) is 0 Å². The highest BCUT2D eigenvalue weighted by Gasteiger charge is 2.61. The summed E-state index contributed by atoms with van der Waals surface area (Å²) in [5.41, 5.74) is 1.67. The predicted molar refractivity (Wildman–Crippen MR) is 127 cm³/mol. The molecule has 0 aliphatic heterocycles. The van der Waals surface area contributed by atoms with E-state index in [9.17, 15) is 10.1 Å². The molecule has 0 bridgehead atoms. The third-order valence-corrected chi connectivity index (χ3v) is 10.8. The molecule has 0 spiro atoms. The average molecular weight is 431 g/mol. The summed E-state index contributed by atoms with van der Waals surface area (Å²) in [6, 6.07) is 0. The maximum atomic E-state index is 11.2. The van der Waals surface area contributed by atoms with Crippen LogP contribution in [0.2, 0.25) is 0 Å². The minimum atomic E-state index is -0.437. The van der Waals surface area contributed by atoms with Crippen molar-refractivity contribution in [3.05, 3.63) is 10.1 Å². The Morgan fingerprint density at radius 3 is 2.45 bits per heavy atom. The van der Waals surface area contributed by atoms with Crippen LogP contribution in [0, 0.1) is 62.4 Å². The second kappa shape index (κ2) is 8.78. The van der Waals surface area contributed by atoms with Gasteiger partial charge in [0.05, 0.1) is 10.8 Å². The summed E-state index contributed by atoms with van der Waals surface area (Å²) < 4.78 is 0. The molecule has 4 fully saturated rings. The maximum absolute atomic E-state index is 11.2. The Hall–Kier alpha value is -0.930. The van der Waals surface area contributed by atoms with Gasteiger partial charge < -0.3 is 0 Å². The molecule has 0 unspecified atom stereocenters. The molecular weight excluding hydrogens is 384 g/mol. The smallest absolute Gasteiger partial charge is 0.190 e. The largest absolute Gasteiger partial charge is 0.233 e. The van der Waals surface area contributed by atoms with Crippen LogP contribution in [0.4, 0.5) is 0 Å². The molecule has 4 saturated carbocycles. The quantitative estimate of drug-likeness (QED) is 0.319. The van der Waals surface area contributed by atoms with E-state index in [0.29, 0.717) is 11.3 Å². The Bertz CT molecular complexity index is 703. The van der Waals surface area contributed by atoms with Crippen molar-refractivity contribution in [2.24, 2.45) is 57.4 Å². The highest BCUT2D eigenvalue weighted by atomic mass is 16.7. The zero-order valence-corrected chi connectivity index (χ0v) is 20.7. The van der Waals surface area contributed by atoms with Crippen molar-refractivity contribution >= 4 is 5.71 Å². The zero-order chi connectivity index (χ0) is 22.4. The SMILES string of the molecule is CC(C)CCC[C@@H](C)[C@H]1CC[C@H]2[C@@H]3CC[C@H]4/C(=N/[N+](=O)[O-])CCC[C@]4(C)[C@H]3CC[C@]12C. The minimum absolute atomic E-state index is 0.234. The van der Waals surface area contributed by atoms with E-state index in [2.05, 4.69) is 39.7 Å². The topological polar surface area (TPSA) is 55.5 Å². The van der Waals surface area contributed by atoms with Crippen LogP contribution in [0.15, 0.2) is 5.10 Å². The summed E-state index contributed by atoms with van der Waals surface area (Å²) in [5.74, 6) is 5.38. The van der Waals surface area contributed by atoms with Crippen LogP contribution in [-0.4, -0.2) is 10.7 Å². The molecule has 0 N–H and O–H groups in total. The fourth-order valence-electron chi connectivity index (χ4n) is 9.44. The molecule has 0 amide bonds. The average Bonchev–Trinajstić information content (AvgIpc) is 3.04. The van der Waals surface area contributed by atoms with Crippen molar-refractivity contribution in [1.29, 1.82) is 0 Å². The van der Waals surface area contributed by atoms with E-state index in [1.54, 1.807) is 0 Å². The molecule has 0 aromatic rings. The summed E-state index contributed by atoms with van der Waals surface area (Å²) >= 11 is 0. The van der Waals surface area contributed by atoms with E-state index in [4.69, 9.17) is 0 Å². The first-order chi connectivity index (χ1) is 14.7. The van der Waals surface area contributed by atoms with Crippen molar-refractivity contribution in [3.8, 4) is 0 Å². The second-order valence-electron chi connectivity index (χ2n) is 12.7. The Kier molecular flexibility index (Phi) is 6.58. The molecule has 4 nitrogen and oxygen atoms in total. The van der Waals surface area contributed by atoms with Crippen molar-refractivity contribution in [1.82, 2.24) is 0 Å². The fourth-order valence-corrected chi connectivity index (χ4v) is 9.44. The number of hydrogen-bond acceptors (Lipinski definition) is 2. The fraction of sp³-hybridized carbons (Fsp3) is 0.963. The molecule has 4 heteroatoms. The number of nitrogens with zero attached hydrogens (tertiary/aromatic N) is 2. The van der Waals surface area contributed by atoms with Crippen molar-refractivity contribution < 1.29 is 5.03 Å². The van der Waals surface area contributed by atoms with Crippen molar-refractivity contribution in [2.75, 3.05) is 0 Å². The van der Waals surface area contributed by atoms with Gasteiger partial charge in [-0.2, -0.15) is 0 Å². The minimum Gasteiger partial charge on any atom is -0.233 e. The monoisotopic (exact) mass is 430 g/mol. The normalized spacial score (nSPS) is 44.6. The maximum Gasteiger partial charge on any atom is 0.190 e. The molecule has 0 aromatic heterocycles. The number of fused-ring (bicyclic) bond motifs is 5. The summed E-state index contributed by atoms with van der Waals surface area (Å²) in [5, 5.41) is 14.6.